The van der Waals surface area contributed by atoms with Crippen LogP contribution in [0.15, 0.2) is 17.6 Å². The van der Waals surface area contributed by atoms with Gasteiger partial charge in [-0.25, -0.2) is 0 Å². The number of fused-ring (bicyclic) bond motifs is 1. The molecule has 0 unspecified atom stereocenters. The molecule has 0 fully saturated rings. The summed E-state index contributed by atoms with van der Waals surface area (Å²) in [6.45, 7) is 1.58. The van der Waals surface area contributed by atoms with Gasteiger partial charge in [-0.1, -0.05) is 0 Å². The van der Waals surface area contributed by atoms with Gasteiger partial charge in [-0.05, 0) is 6.07 Å². The van der Waals surface area contributed by atoms with E-state index in [1.165, 1.54) is 11.3 Å². The van der Waals surface area contributed by atoms with E-state index in [1.807, 2.05) is 18.5 Å². The van der Waals surface area contributed by atoms with Crippen molar-refractivity contribution in [2.24, 2.45) is 7.05 Å². The SMILES string of the molecule is Cn1nccc1CCNC(=O)c1scc2c1OCCO2. The Morgan fingerprint density at radius 2 is 2.35 bits per heavy atom. The van der Waals surface area contributed by atoms with Crippen LogP contribution in [0.25, 0.3) is 0 Å². The molecule has 0 bridgehead atoms. The maximum absolute atomic E-state index is 12.1. The van der Waals surface area contributed by atoms with Gasteiger partial charge < -0.3 is 14.8 Å². The van der Waals surface area contributed by atoms with Gasteiger partial charge >= 0.3 is 0 Å². The maximum Gasteiger partial charge on any atom is 0.265 e. The quantitative estimate of drug-likeness (QED) is 0.920. The Balaban J connectivity index is 1.59. The number of nitrogens with zero attached hydrogens (tertiary/aromatic N) is 2. The highest BCUT2D eigenvalue weighted by atomic mass is 32.1. The fraction of sp³-hybridized carbons (Fsp3) is 0.385. The molecule has 7 heteroatoms. The summed E-state index contributed by atoms with van der Waals surface area (Å²) < 4.78 is 12.7. The van der Waals surface area contributed by atoms with Crippen molar-refractivity contribution in [3.8, 4) is 11.5 Å². The van der Waals surface area contributed by atoms with Crippen LogP contribution in [0.5, 0.6) is 11.5 Å². The van der Waals surface area contributed by atoms with Crippen LogP contribution in [0.4, 0.5) is 0 Å². The first-order valence-corrected chi connectivity index (χ1v) is 7.26. The number of aryl methyl sites for hydroxylation is 1. The van der Waals surface area contributed by atoms with Crippen LogP contribution in [-0.2, 0) is 13.5 Å². The molecule has 20 heavy (non-hydrogen) atoms. The van der Waals surface area contributed by atoms with E-state index in [-0.39, 0.29) is 5.91 Å². The third kappa shape index (κ3) is 2.49. The van der Waals surface area contributed by atoms with Gasteiger partial charge in [-0.3, -0.25) is 9.48 Å². The van der Waals surface area contributed by atoms with E-state index >= 15 is 0 Å². The molecule has 0 aromatic carbocycles. The molecule has 0 spiro atoms. The molecule has 6 nitrogen and oxygen atoms in total. The summed E-state index contributed by atoms with van der Waals surface area (Å²) in [7, 11) is 1.89. The highest BCUT2D eigenvalue weighted by molar-refractivity contribution is 7.12. The minimum atomic E-state index is -0.121. The average Bonchev–Trinajstić information content (AvgIpc) is 3.05. The van der Waals surface area contributed by atoms with Gasteiger partial charge in [0.15, 0.2) is 11.5 Å². The first-order chi connectivity index (χ1) is 9.75. The number of carbonyl (C=O) groups is 1. The standard InChI is InChI=1S/C13H15N3O3S/c1-16-9(3-5-15-16)2-4-14-13(17)12-11-10(8-20-12)18-6-7-19-11/h3,5,8H,2,4,6-7H2,1H3,(H,14,17). The maximum atomic E-state index is 12.1. The Labute approximate surface area is 120 Å². The molecule has 2 aromatic heterocycles. The van der Waals surface area contributed by atoms with Gasteiger partial charge in [0.1, 0.15) is 18.1 Å². The van der Waals surface area contributed by atoms with Crippen LogP contribution in [0.1, 0.15) is 15.4 Å². The molecule has 1 aliphatic heterocycles. The largest absolute Gasteiger partial charge is 0.485 e. The Morgan fingerprint density at radius 3 is 3.15 bits per heavy atom. The van der Waals surface area contributed by atoms with Gasteiger partial charge in [0.2, 0.25) is 0 Å². The number of hydrogen-bond donors (Lipinski definition) is 1. The van der Waals surface area contributed by atoms with Crippen molar-refractivity contribution in [3.05, 3.63) is 28.2 Å². The van der Waals surface area contributed by atoms with Crippen molar-refractivity contribution in [3.63, 3.8) is 0 Å². The molecule has 1 amide bonds. The molecule has 0 saturated carbocycles. The van der Waals surface area contributed by atoms with E-state index in [2.05, 4.69) is 10.4 Å². The van der Waals surface area contributed by atoms with E-state index in [4.69, 9.17) is 9.47 Å². The number of aromatic nitrogens is 2. The number of amides is 1. The van der Waals surface area contributed by atoms with Crippen LogP contribution < -0.4 is 14.8 Å². The summed E-state index contributed by atoms with van der Waals surface area (Å²) in [6.07, 6.45) is 2.49. The molecule has 0 saturated heterocycles. The van der Waals surface area contributed by atoms with Crippen molar-refractivity contribution in [2.45, 2.75) is 6.42 Å². The Morgan fingerprint density at radius 1 is 1.50 bits per heavy atom. The third-order valence-electron chi connectivity index (χ3n) is 3.10. The molecule has 1 aliphatic rings. The number of rotatable bonds is 4. The third-order valence-corrected chi connectivity index (χ3v) is 4.03. The molecule has 2 aromatic rings. The molecule has 0 aliphatic carbocycles. The number of ether oxygens (including phenoxy) is 2. The second-order valence-electron chi connectivity index (χ2n) is 4.41. The van der Waals surface area contributed by atoms with Crippen LogP contribution in [0, 0.1) is 0 Å². The van der Waals surface area contributed by atoms with Gasteiger partial charge in [0.05, 0.1) is 0 Å². The first-order valence-electron chi connectivity index (χ1n) is 6.38. The average molecular weight is 293 g/mol. The second kappa shape index (κ2) is 5.54. The zero-order valence-electron chi connectivity index (χ0n) is 11.1. The van der Waals surface area contributed by atoms with E-state index < -0.39 is 0 Å². The monoisotopic (exact) mass is 293 g/mol. The summed E-state index contributed by atoms with van der Waals surface area (Å²) >= 11 is 1.34. The number of hydrogen-bond acceptors (Lipinski definition) is 5. The zero-order chi connectivity index (χ0) is 13.9. The van der Waals surface area contributed by atoms with Gasteiger partial charge in [0, 0.05) is 37.3 Å². The van der Waals surface area contributed by atoms with Crippen LogP contribution in [0.3, 0.4) is 0 Å². The Kier molecular flexibility index (Phi) is 3.60. The molecule has 0 radical (unpaired) electrons. The Bertz CT molecular complexity index is 620. The molecule has 1 N–H and O–H groups in total. The van der Waals surface area contributed by atoms with E-state index in [0.717, 1.165) is 12.1 Å². The molecule has 3 heterocycles. The minimum Gasteiger partial charge on any atom is -0.485 e. The van der Waals surface area contributed by atoms with Crippen molar-refractivity contribution in [2.75, 3.05) is 19.8 Å². The van der Waals surface area contributed by atoms with Gasteiger partial charge in [-0.15, -0.1) is 11.3 Å². The lowest BCUT2D eigenvalue weighted by molar-refractivity contribution is 0.0949. The Hall–Kier alpha value is -2.02. The summed E-state index contributed by atoms with van der Waals surface area (Å²) in [6, 6.07) is 1.94. The van der Waals surface area contributed by atoms with E-state index in [9.17, 15) is 4.79 Å². The van der Waals surface area contributed by atoms with E-state index in [1.54, 1.807) is 10.9 Å². The molecular weight excluding hydrogens is 278 g/mol. The fourth-order valence-corrected chi connectivity index (χ4v) is 2.90. The molecule has 106 valence electrons. The summed E-state index contributed by atoms with van der Waals surface area (Å²) in [5.74, 6) is 1.11. The fourth-order valence-electron chi connectivity index (χ4n) is 2.05. The molecule has 0 atom stereocenters. The van der Waals surface area contributed by atoms with Crippen LogP contribution >= 0.6 is 11.3 Å². The van der Waals surface area contributed by atoms with Crippen LogP contribution in [0.2, 0.25) is 0 Å². The summed E-state index contributed by atoms with van der Waals surface area (Å²) in [5.41, 5.74) is 1.08. The normalized spacial score (nSPS) is 13.2. The lowest BCUT2D eigenvalue weighted by Gasteiger charge is -2.15. The van der Waals surface area contributed by atoms with Crippen LogP contribution in [-0.4, -0.2) is 35.4 Å². The lowest BCUT2D eigenvalue weighted by Crippen LogP contribution is -2.26. The van der Waals surface area contributed by atoms with Crippen molar-refractivity contribution in [1.29, 1.82) is 0 Å². The zero-order valence-corrected chi connectivity index (χ0v) is 11.9. The highest BCUT2D eigenvalue weighted by Crippen LogP contribution is 2.39. The molecule has 3 rings (SSSR count). The predicted octanol–water partition coefficient (Wildman–Crippen LogP) is 1.23. The topological polar surface area (TPSA) is 65.4 Å². The second-order valence-corrected chi connectivity index (χ2v) is 5.29. The smallest absolute Gasteiger partial charge is 0.265 e. The highest BCUT2D eigenvalue weighted by Gasteiger charge is 2.23. The van der Waals surface area contributed by atoms with Crippen molar-refractivity contribution in [1.82, 2.24) is 15.1 Å². The van der Waals surface area contributed by atoms with Gasteiger partial charge in [0.25, 0.3) is 5.91 Å². The summed E-state index contributed by atoms with van der Waals surface area (Å²) in [4.78, 5) is 12.7. The number of nitrogens with one attached hydrogen (secondary N) is 1. The predicted molar refractivity (Wildman–Crippen MR) is 74.6 cm³/mol. The lowest BCUT2D eigenvalue weighted by atomic mass is 10.3. The number of carbonyl (C=O) groups excluding carboxylic acids is 1. The van der Waals surface area contributed by atoms with Crippen molar-refractivity contribution < 1.29 is 14.3 Å². The number of thiophene rings is 1. The van der Waals surface area contributed by atoms with E-state index in [0.29, 0.717) is 36.1 Å². The van der Waals surface area contributed by atoms with Gasteiger partial charge in [-0.2, -0.15) is 5.10 Å². The minimum absolute atomic E-state index is 0.121. The first kappa shape index (κ1) is 13.0. The molecular formula is C13H15N3O3S. The van der Waals surface area contributed by atoms with Crippen molar-refractivity contribution >= 4 is 17.2 Å². The summed E-state index contributed by atoms with van der Waals surface area (Å²) in [5, 5.41) is 8.80.